The molecule has 1 saturated heterocycles. The van der Waals surface area contributed by atoms with Crippen molar-refractivity contribution < 1.29 is 23.9 Å². The molecule has 4 rings (SSSR count). The van der Waals surface area contributed by atoms with Crippen molar-refractivity contribution in [3.05, 3.63) is 92.9 Å². The number of carbonyl (C=O) groups is 1. The van der Waals surface area contributed by atoms with Crippen molar-refractivity contribution in [1.29, 1.82) is 0 Å². The van der Waals surface area contributed by atoms with Gasteiger partial charge < -0.3 is 14.2 Å². The third kappa shape index (κ3) is 5.33. The van der Waals surface area contributed by atoms with Crippen LogP contribution in [0.2, 0.25) is 0 Å². The van der Waals surface area contributed by atoms with E-state index < -0.39 is 4.92 Å². The van der Waals surface area contributed by atoms with Crippen LogP contribution >= 0.6 is 11.8 Å². The zero-order valence-corrected chi connectivity index (χ0v) is 20.7. The lowest BCUT2D eigenvalue weighted by Crippen LogP contribution is -2.28. The average Bonchev–Trinajstić information content (AvgIpc) is 3.18. The first-order valence-electron chi connectivity index (χ1n) is 10.8. The van der Waals surface area contributed by atoms with Crippen LogP contribution in [0.4, 0.5) is 11.4 Å². The molecule has 9 nitrogen and oxygen atoms in total. The summed E-state index contributed by atoms with van der Waals surface area (Å²) in [7, 11) is 4.39. The lowest BCUT2D eigenvalue weighted by molar-refractivity contribution is -0.385. The fraction of sp³-hybridized carbons (Fsp3) is 0.154. The van der Waals surface area contributed by atoms with E-state index in [0.717, 1.165) is 5.56 Å². The zero-order valence-electron chi connectivity index (χ0n) is 19.8. The summed E-state index contributed by atoms with van der Waals surface area (Å²) in [6.07, 6.45) is 1.58. The summed E-state index contributed by atoms with van der Waals surface area (Å²) in [5.74, 6) is 0.851. The minimum Gasteiger partial charge on any atom is -0.497 e. The van der Waals surface area contributed by atoms with Gasteiger partial charge in [-0.05, 0) is 47.7 Å². The number of hydrogen-bond donors (Lipinski definition) is 0. The molecule has 36 heavy (non-hydrogen) atoms. The third-order valence-corrected chi connectivity index (χ3v) is 6.39. The first-order valence-corrected chi connectivity index (χ1v) is 11.6. The first-order chi connectivity index (χ1) is 17.4. The second kappa shape index (κ2) is 11.0. The van der Waals surface area contributed by atoms with Crippen molar-refractivity contribution in [3.63, 3.8) is 0 Å². The second-order valence-corrected chi connectivity index (χ2v) is 8.61. The van der Waals surface area contributed by atoms with Gasteiger partial charge in [-0.3, -0.25) is 19.8 Å². The molecule has 3 aromatic rings. The highest BCUT2D eigenvalue weighted by Crippen LogP contribution is 2.40. The van der Waals surface area contributed by atoms with Crippen LogP contribution in [0.5, 0.6) is 17.2 Å². The van der Waals surface area contributed by atoms with Gasteiger partial charge >= 0.3 is 5.69 Å². The highest BCUT2D eigenvalue weighted by atomic mass is 32.2. The Kier molecular flexibility index (Phi) is 7.55. The molecule has 184 valence electrons. The van der Waals surface area contributed by atoms with Crippen LogP contribution in [-0.4, -0.2) is 42.2 Å². The average molecular weight is 506 g/mol. The molecule has 0 saturated carbocycles. The minimum atomic E-state index is -0.540. The number of methoxy groups -OCH3 is 3. The van der Waals surface area contributed by atoms with E-state index in [1.54, 1.807) is 18.1 Å². The zero-order chi connectivity index (χ0) is 25.7. The fourth-order valence-corrected chi connectivity index (χ4v) is 4.55. The van der Waals surface area contributed by atoms with E-state index in [4.69, 9.17) is 14.2 Å². The molecule has 1 fully saturated rings. The van der Waals surface area contributed by atoms with E-state index in [1.165, 1.54) is 38.1 Å². The number of thioether (sulfide) groups is 1. The summed E-state index contributed by atoms with van der Waals surface area (Å²) < 4.78 is 15.8. The summed E-state index contributed by atoms with van der Waals surface area (Å²) >= 11 is 1.19. The number of amides is 1. The number of ether oxygens (including phenoxy) is 3. The number of benzene rings is 3. The molecule has 1 heterocycles. The molecule has 0 aromatic heterocycles. The topological polar surface area (TPSA) is 104 Å². The van der Waals surface area contributed by atoms with Crippen molar-refractivity contribution in [2.24, 2.45) is 4.99 Å². The number of carbonyl (C=O) groups excluding carboxylic acids is 1. The predicted molar refractivity (Wildman–Crippen MR) is 139 cm³/mol. The summed E-state index contributed by atoms with van der Waals surface area (Å²) in [6.45, 7) is 0.290. The Labute approximate surface area is 212 Å². The molecule has 10 heteroatoms. The van der Waals surface area contributed by atoms with Crippen LogP contribution in [0, 0.1) is 10.1 Å². The van der Waals surface area contributed by atoms with Crippen molar-refractivity contribution in [3.8, 4) is 17.2 Å². The molecule has 3 aromatic carbocycles. The largest absolute Gasteiger partial charge is 0.497 e. The van der Waals surface area contributed by atoms with Crippen LogP contribution in [0.25, 0.3) is 6.08 Å². The number of nitro benzene ring substituents is 1. The number of para-hydroxylation sites is 1. The van der Waals surface area contributed by atoms with Crippen LogP contribution in [0.15, 0.2) is 76.6 Å². The SMILES string of the molecule is COc1ccc(CN2C(=O)/C(=C/c3cc([N+](=O)[O-])c(OC)cc3OC)SC2=Nc2ccccc2)cc1. The maximum atomic E-state index is 13.5. The van der Waals surface area contributed by atoms with Gasteiger partial charge in [0.05, 0.1) is 43.4 Å². The lowest BCUT2D eigenvalue weighted by atomic mass is 10.1. The summed E-state index contributed by atoms with van der Waals surface area (Å²) in [4.78, 5) is 31.1. The van der Waals surface area contributed by atoms with Crippen molar-refractivity contribution >= 4 is 40.3 Å². The van der Waals surface area contributed by atoms with E-state index in [-0.39, 0.29) is 17.3 Å². The molecular weight excluding hydrogens is 482 g/mol. The molecule has 1 aliphatic rings. The number of rotatable bonds is 8. The van der Waals surface area contributed by atoms with Crippen molar-refractivity contribution in [2.75, 3.05) is 21.3 Å². The highest BCUT2D eigenvalue weighted by Gasteiger charge is 2.34. The quantitative estimate of drug-likeness (QED) is 0.229. The van der Waals surface area contributed by atoms with Gasteiger partial charge in [-0.15, -0.1) is 0 Å². The van der Waals surface area contributed by atoms with Gasteiger partial charge in [-0.2, -0.15) is 0 Å². The van der Waals surface area contributed by atoms with Gasteiger partial charge in [0.1, 0.15) is 11.5 Å². The standard InChI is InChI=1S/C26H23N3O6S/c1-33-20-11-9-17(10-12-20)16-28-25(30)24(36-26(28)27-19-7-5-4-6-8-19)14-18-13-21(29(31)32)23(35-3)15-22(18)34-2/h4-15H,16H2,1-3H3/b24-14-,27-26?. The maximum absolute atomic E-state index is 13.5. The molecule has 0 radical (unpaired) electrons. The lowest BCUT2D eigenvalue weighted by Gasteiger charge is -2.16. The van der Waals surface area contributed by atoms with Crippen LogP contribution < -0.4 is 14.2 Å². The number of hydrogen-bond acceptors (Lipinski definition) is 8. The summed E-state index contributed by atoms with van der Waals surface area (Å²) in [6, 6.07) is 19.5. The molecule has 0 unspecified atom stereocenters. The molecule has 0 atom stereocenters. The molecule has 1 aliphatic heterocycles. The Morgan fingerprint density at radius 3 is 2.28 bits per heavy atom. The fourth-order valence-electron chi connectivity index (χ4n) is 3.56. The Morgan fingerprint density at radius 2 is 1.67 bits per heavy atom. The van der Waals surface area contributed by atoms with Gasteiger partial charge in [0.15, 0.2) is 5.17 Å². The molecule has 1 amide bonds. The Balaban J connectivity index is 1.75. The molecule has 0 bridgehead atoms. The van der Waals surface area contributed by atoms with E-state index in [1.807, 2.05) is 54.6 Å². The number of amidine groups is 1. The Morgan fingerprint density at radius 1 is 0.972 bits per heavy atom. The maximum Gasteiger partial charge on any atom is 0.311 e. The Bertz CT molecular complexity index is 1340. The first kappa shape index (κ1) is 24.8. The van der Waals surface area contributed by atoms with Crippen molar-refractivity contribution in [2.45, 2.75) is 6.54 Å². The summed E-state index contributed by atoms with van der Waals surface area (Å²) in [5.41, 5.74) is 1.75. The van der Waals surface area contributed by atoms with E-state index >= 15 is 0 Å². The molecule has 0 aliphatic carbocycles. The van der Waals surface area contributed by atoms with Crippen LogP contribution in [-0.2, 0) is 11.3 Å². The minimum absolute atomic E-state index is 0.0665. The van der Waals surface area contributed by atoms with Crippen LogP contribution in [0.3, 0.4) is 0 Å². The number of nitro groups is 1. The van der Waals surface area contributed by atoms with E-state index in [9.17, 15) is 14.9 Å². The van der Waals surface area contributed by atoms with E-state index in [0.29, 0.717) is 39.4 Å². The Hall–Kier alpha value is -4.31. The highest BCUT2D eigenvalue weighted by molar-refractivity contribution is 8.18. The third-order valence-electron chi connectivity index (χ3n) is 5.38. The summed E-state index contributed by atoms with van der Waals surface area (Å²) in [5, 5.41) is 12.0. The second-order valence-electron chi connectivity index (χ2n) is 7.60. The van der Waals surface area contributed by atoms with Gasteiger partial charge in [-0.1, -0.05) is 30.3 Å². The van der Waals surface area contributed by atoms with Gasteiger partial charge in [0.2, 0.25) is 5.75 Å². The smallest absolute Gasteiger partial charge is 0.311 e. The van der Waals surface area contributed by atoms with Crippen molar-refractivity contribution in [1.82, 2.24) is 4.90 Å². The van der Waals surface area contributed by atoms with Crippen LogP contribution in [0.1, 0.15) is 11.1 Å². The van der Waals surface area contributed by atoms with Gasteiger partial charge in [0, 0.05) is 17.7 Å². The molecule has 0 N–H and O–H groups in total. The molecular formula is C26H23N3O6S. The predicted octanol–water partition coefficient (Wildman–Crippen LogP) is 5.42. The van der Waals surface area contributed by atoms with E-state index in [2.05, 4.69) is 4.99 Å². The monoisotopic (exact) mass is 505 g/mol. The normalized spacial score (nSPS) is 15.4. The molecule has 0 spiro atoms. The van der Waals surface area contributed by atoms with Gasteiger partial charge in [-0.25, -0.2) is 4.99 Å². The number of nitrogens with zero attached hydrogens (tertiary/aromatic N) is 3. The van der Waals surface area contributed by atoms with Gasteiger partial charge in [0.25, 0.3) is 5.91 Å². The number of aliphatic imine (C=N–C) groups is 1.